The van der Waals surface area contributed by atoms with Crippen LogP contribution in [-0.2, 0) is 5.54 Å². The van der Waals surface area contributed by atoms with E-state index >= 15 is 0 Å². The Kier molecular flexibility index (Phi) is 3.60. The van der Waals surface area contributed by atoms with Gasteiger partial charge in [0.1, 0.15) is 0 Å². The van der Waals surface area contributed by atoms with Crippen LogP contribution in [0.2, 0.25) is 0 Å². The van der Waals surface area contributed by atoms with Gasteiger partial charge in [-0.15, -0.1) is 0 Å². The number of hydrogen-bond donors (Lipinski definition) is 1. The molecule has 0 aliphatic carbocycles. The molecule has 1 unspecified atom stereocenters. The van der Waals surface area contributed by atoms with Gasteiger partial charge in [-0.1, -0.05) is 60.7 Å². The van der Waals surface area contributed by atoms with Crippen molar-refractivity contribution in [2.24, 2.45) is 0 Å². The number of nitrogens with zero attached hydrogens (tertiary/aromatic N) is 1. The van der Waals surface area contributed by atoms with Crippen molar-refractivity contribution in [2.45, 2.75) is 18.5 Å². The highest BCUT2D eigenvalue weighted by molar-refractivity contribution is 5.41. The number of likely N-dealkylation sites (N-methyl/N-ethyl adjacent to an activating group) is 1. The predicted octanol–water partition coefficient (Wildman–Crippen LogP) is 2.85. The summed E-state index contributed by atoms with van der Waals surface area (Å²) in [5.41, 5.74) is 2.61. The van der Waals surface area contributed by atoms with Crippen molar-refractivity contribution in [2.75, 3.05) is 20.1 Å². The van der Waals surface area contributed by atoms with Crippen LogP contribution in [0.5, 0.6) is 0 Å². The van der Waals surface area contributed by atoms with Gasteiger partial charge < -0.3 is 5.32 Å². The maximum atomic E-state index is 3.66. The molecule has 20 heavy (non-hydrogen) atoms. The van der Waals surface area contributed by atoms with E-state index < -0.39 is 0 Å². The van der Waals surface area contributed by atoms with E-state index in [9.17, 15) is 0 Å². The first-order chi connectivity index (χ1) is 9.76. The van der Waals surface area contributed by atoms with Crippen molar-refractivity contribution >= 4 is 0 Å². The largest absolute Gasteiger partial charge is 0.310 e. The molecule has 1 saturated heterocycles. The zero-order valence-corrected chi connectivity index (χ0v) is 12.2. The summed E-state index contributed by atoms with van der Waals surface area (Å²) >= 11 is 0. The lowest BCUT2D eigenvalue weighted by Crippen LogP contribution is -2.63. The van der Waals surface area contributed by atoms with Crippen LogP contribution in [-0.4, -0.2) is 31.1 Å². The summed E-state index contributed by atoms with van der Waals surface area (Å²) in [6.45, 7) is 4.38. The van der Waals surface area contributed by atoms with E-state index in [0.29, 0.717) is 6.04 Å². The quantitative estimate of drug-likeness (QED) is 0.899. The SMILES string of the molecule is CC1NCCN(C)C1(c1ccccc1)c1ccccc1. The fraction of sp³-hybridized carbons (Fsp3) is 0.333. The van der Waals surface area contributed by atoms with Crippen LogP contribution in [0.25, 0.3) is 0 Å². The van der Waals surface area contributed by atoms with E-state index in [2.05, 4.69) is 84.9 Å². The summed E-state index contributed by atoms with van der Waals surface area (Å²) in [4.78, 5) is 2.48. The van der Waals surface area contributed by atoms with Gasteiger partial charge in [0.05, 0.1) is 5.54 Å². The van der Waals surface area contributed by atoms with Gasteiger partial charge in [0.2, 0.25) is 0 Å². The summed E-state index contributed by atoms with van der Waals surface area (Å²) in [5.74, 6) is 0. The van der Waals surface area contributed by atoms with Crippen LogP contribution in [0.15, 0.2) is 60.7 Å². The molecule has 2 aromatic rings. The molecule has 1 heterocycles. The van der Waals surface area contributed by atoms with Gasteiger partial charge in [0.15, 0.2) is 0 Å². The zero-order valence-electron chi connectivity index (χ0n) is 12.2. The molecule has 2 heteroatoms. The van der Waals surface area contributed by atoms with Crippen molar-refractivity contribution in [1.82, 2.24) is 10.2 Å². The maximum absolute atomic E-state index is 3.66. The minimum atomic E-state index is -0.0965. The van der Waals surface area contributed by atoms with Crippen LogP contribution in [0.1, 0.15) is 18.1 Å². The maximum Gasteiger partial charge on any atom is 0.0866 e. The van der Waals surface area contributed by atoms with Gasteiger partial charge >= 0.3 is 0 Å². The van der Waals surface area contributed by atoms with Gasteiger partial charge in [0.25, 0.3) is 0 Å². The van der Waals surface area contributed by atoms with Crippen LogP contribution in [0, 0.1) is 0 Å². The minimum absolute atomic E-state index is 0.0965. The van der Waals surface area contributed by atoms with Gasteiger partial charge in [-0.2, -0.15) is 0 Å². The Morgan fingerprint density at radius 1 is 0.950 bits per heavy atom. The third kappa shape index (κ3) is 1.96. The lowest BCUT2D eigenvalue weighted by molar-refractivity contribution is 0.0825. The summed E-state index contributed by atoms with van der Waals surface area (Å²) in [6, 6.07) is 22.0. The second-order valence-electron chi connectivity index (χ2n) is 5.60. The highest BCUT2D eigenvalue weighted by atomic mass is 15.3. The van der Waals surface area contributed by atoms with E-state index in [-0.39, 0.29) is 5.54 Å². The average Bonchev–Trinajstić information content (AvgIpc) is 2.50. The molecule has 1 N–H and O–H groups in total. The van der Waals surface area contributed by atoms with Crippen molar-refractivity contribution in [3.8, 4) is 0 Å². The summed E-state index contributed by atoms with van der Waals surface area (Å²) in [7, 11) is 2.23. The van der Waals surface area contributed by atoms with Crippen molar-refractivity contribution in [3.05, 3.63) is 71.8 Å². The molecule has 0 radical (unpaired) electrons. The molecule has 1 aliphatic heterocycles. The van der Waals surface area contributed by atoms with E-state index in [1.807, 2.05) is 0 Å². The first-order valence-electron chi connectivity index (χ1n) is 7.32. The predicted molar refractivity (Wildman–Crippen MR) is 83.8 cm³/mol. The molecule has 0 amide bonds. The van der Waals surface area contributed by atoms with Crippen LogP contribution < -0.4 is 5.32 Å². The minimum Gasteiger partial charge on any atom is -0.310 e. The highest BCUT2D eigenvalue weighted by Gasteiger charge is 2.45. The number of nitrogens with one attached hydrogen (secondary N) is 1. The molecule has 1 aliphatic rings. The number of piperazine rings is 1. The molecule has 0 spiro atoms. The molecule has 0 saturated carbocycles. The van der Waals surface area contributed by atoms with Gasteiger partial charge in [-0.05, 0) is 25.1 Å². The van der Waals surface area contributed by atoms with Gasteiger partial charge in [0, 0.05) is 19.1 Å². The summed E-state index contributed by atoms with van der Waals surface area (Å²) in [5, 5.41) is 3.66. The molecule has 0 bridgehead atoms. The van der Waals surface area contributed by atoms with E-state index in [0.717, 1.165) is 13.1 Å². The van der Waals surface area contributed by atoms with E-state index in [1.165, 1.54) is 11.1 Å². The zero-order chi connectivity index (χ0) is 14.0. The molecule has 0 aromatic heterocycles. The average molecular weight is 266 g/mol. The number of hydrogen-bond acceptors (Lipinski definition) is 2. The lowest BCUT2D eigenvalue weighted by Gasteiger charge is -2.51. The normalized spacial score (nSPS) is 22.6. The fourth-order valence-electron chi connectivity index (χ4n) is 3.60. The third-order valence-electron chi connectivity index (χ3n) is 4.55. The van der Waals surface area contributed by atoms with Crippen molar-refractivity contribution in [1.29, 1.82) is 0 Å². The number of rotatable bonds is 2. The molecule has 3 rings (SSSR count). The summed E-state index contributed by atoms with van der Waals surface area (Å²) < 4.78 is 0. The smallest absolute Gasteiger partial charge is 0.0866 e. The molecular formula is C18H22N2. The Morgan fingerprint density at radius 3 is 1.90 bits per heavy atom. The van der Waals surface area contributed by atoms with Crippen LogP contribution >= 0.6 is 0 Å². The lowest BCUT2D eigenvalue weighted by atomic mass is 9.75. The number of benzene rings is 2. The first-order valence-corrected chi connectivity index (χ1v) is 7.32. The molecule has 2 aromatic carbocycles. The Bertz CT molecular complexity index is 499. The standard InChI is InChI=1S/C18H22N2/c1-15-18(20(2)14-13-19-15,16-9-5-3-6-10-16)17-11-7-4-8-12-17/h3-12,15,19H,13-14H2,1-2H3. The van der Waals surface area contributed by atoms with Crippen molar-refractivity contribution < 1.29 is 0 Å². The monoisotopic (exact) mass is 266 g/mol. The Balaban J connectivity index is 2.22. The van der Waals surface area contributed by atoms with E-state index in [4.69, 9.17) is 0 Å². The van der Waals surface area contributed by atoms with Crippen LogP contribution in [0.4, 0.5) is 0 Å². The van der Waals surface area contributed by atoms with Crippen LogP contribution in [0.3, 0.4) is 0 Å². The Hall–Kier alpha value is -1.64. The Labute approximate surface area is 121 Å². The fourth-order valence-corrected chi connectivity index (χ4v) is 3.60. The van der Waals surface area contributed by atoms with Gasteiger partial charge in [-0.25, -0.2) is 0 Å². The third-order valence-corrected chi connectivity index (χ3v) is 4.55. The van der Waals surface area contributed by atoms with E-state index in [1.54, 1.807) is 0 Å². The first kappa shape index (κ1) is 13.3. The van der Waals surface area contributed by atoms with Gasteiger partial charge in [-0.3, -0.25) is 4.90 Å². The topological polar surface area (TPSA) is 15.3 Å². The molecule has 1 atom stereocenters. The second-order valence-corrected chi connectivity index (χ2v) is 5.60. The Morgan fingerprint density at radius 2 is 1.45 bits per heavy atom. The molecule has 2 nitrogen and oxygen atoms in total. The molecular weight excluding hydrogens is 244 g/mol. The molecule has 104 valence electrons. The summed E-state index contributed by atoms with van der Waals surface area (Å²) in [6.07, 6.45) is 0. The second kappa shape index (κ2) is 5.39. The molecule has 1 fully saturated rings. The highest BCUT2D eigenvalue weighted by Crippen LogP contribution is 2.39. The van der Waals surface area contributed by atoms with Crippen molar-refractivity contribution in [3.63, 3.8) is 0 Å².